The van der Waals surface area contributed by atoms with Gasteiger partial charge in [0, 0.05) is 30.5 Å². The summed E-state index contributed by atoms with van der Waals surface area (Å²) in [5.41, 5.74) is 5.40. The number of pyridine rings is 1. The van der Waals surface area contributed by atoms with Crippen molar-refractivity contribution in [2.75, 3.05) is 18.5 Å². The van der Waals surface area contributed by atoms with Gasteiger partial charge >= 0.3 is 0 Å². The molecule has 0 radical (unpaired) electrons. The zero-order valence-electron chi connectivity index (χ0n) is 25.3. The van der Waals surface area contributed by atoms with Gasteiger partial charge in [-0.15, -0.1) is 0 Å². The number of fused-ring (bicyclic) bond motifs is 1. The van der Waals surface area contributed by atoms with E-state index in [0.29, 0.717) is 25.1 Å². The van der Waals surface area contributed by atoms with Crippen molar-refractivity contribution < 1.29 is 27.1 Å². The van der Waals surface area contributed by atoms with Gasteiger partial charge in [0.15, 0.2) is 0 Å². The van der Waals surface area contributed by atoms with Crippen LogP contribution in [0.4, 0.5) is 23.2 Å². The van der Waals surface area contributed by atoms with Gasteiger partial charge in [0.2, 0.25) is 5.91 Å². The Morgan fingerprint density at radius 1 is 0.957 bits per heavy atom. The van der Waals surface area contributed by atoms with Crippen LogP contribution < -0.4 is 10.6 Å². The van der Waals surface area contributed by atoms with E-state index in [1.54, 1.807) is 0 Å². The zero-order valence-corrected chi connectivity index (χ0v) is 25.3. The van der Waals surface area contributed by atoms with Crippen LogP contribution >= 0.6 is 0 Å². The first-order chi connectivity index (χ1) is 22.1. The number of imidazole rings is 1. The predicted octanol–water partition coefficient (Wildman–Crippen LogP) is 6.95. The van der Waals surface area contributed by atoms with Gasteiger partial charge in [-0.25, -0.2) is 22.5 Å². The molecule has 1 aliphatic heterocycles. The van der Waals surface area contributed by atoms with Crippen LogP contribution in [-0.4, -0.2) is 40.1 Å². The molecule has 7 nitrogen and oxygen atoms in total. The number of aryl methyl sites for hydroxylation is 2. The molecule has 5 aromatic rings. The molecule has 2 aromatic heterocycles. The van der Waals surface area contributed by atoms with E-state index >= 15 is 4.39 Å². The van der Waals surface area contributed by atoms with Crippen molar-refractivity contribution in [1.29, 1.82) is 0 Å². The molecule has 11 heteroatoms. The van der Waals surface area contributed by atoms with Crippen molar-refractivity contribution >= 4 is 22.6 Å². The smallest absolute Gasteiger partial charge is 0.225 e. The molecule has 0 aliphatic carbocycles. The average Bonchev–Trinajstić information content (AvgIpc) is 3.42. The number of amides is 1. The minimum Gasteiger partial charge on any atom is -0.375 e. The molecule has 0 spiro atoms. The molecule has 0 saturated carbocycles. The van der Waals surface area contributed by atoms with E-state index < -0.39 is 35.1 Å². The summed E-state index contributed by atoms with van der Waals surface area (Å²) < 4.78 is 62.9. The maximum absolute atomic E-state index is 15.0. The second kappa shape index (κ2) is 13.4. The first-order valence-corrected chi connectivity index (χ1v) is 15.1. The summed E-state index contributed by atoms with van der Waals surface area (Å²) in [6.45, 7) is 5.02. The second-order valence-corrected chi connectivity index (χ2v) is 11.7. The average molecular weight is 632 g/mol. The van der Waals surface area contributed by atoms with Crippen molar-refractivity contribution in [1.82, 2.24) is 20.3 Å². The standard InChI is InChI=1S/C35H33F4N5O2/c1-19-9-30-31(10-20(19)2)44-35(43-30)33-18-46-26(15-41-33)7-8-27-29(39)16-40-17-32(27)42-34(45)14-28(21-3-5-23(36)6-4-21)22-11-24(37)13-25(38)12-22/h3-6,9-13,16-17,26,28,33,41H,7-8,14-15,18H2,1-2H3,(H,42,45)(H,43,44)/t26-,28+,33+/m1/s1. The van der Waals surface area contributed by atoms with Crippen LogP contribution in [0.2, 0.25) is 0 Å². The van der Waals surface area contributed by atoms with Crippen molar-refractivity contribution in [3.63, 3.8) is 0 Å². The number of carbonyl (C=O) groups excluding carboxylic acids is 1. The number of aromatic amines is 1. The third-order valence-electron chi connectivity index (χ3n) is 8.48. The monoisotopic (exact) mass is 631 g/mol. The number of halogens is 4. The van der Waals surface area contributed by atoms with E-state index in [0.717, 1.165) is 41.3 Å². The molecule has 1 aliphatic rings. The van der Waals surface area contributed by atoms with Crippen molar-refractivity contribution in [2.24, 2.45) is 0 Å². The zero-order chi connectivity index (χ0) is 32.4. The van der Waals surface area contributed by atoms with Gasteiger partial charge in [0.1, 0.15) is 29.1 Å². The molecule has 3 N–H and O–H groups in total. The third kappa shape index (κ3) is 7.11. The second-order valence-electron chi connectivity index (χ2n) is 11.7. The van der Waals surface area contributed by atoms with Gasteiger partial charge in [0.25, 0.3) is 0 Å². The maximum Gasteiger partial charge on any atom is 0.225 e. The molecule has 0 unspecified atom stereocenters. The Kier molecular flexibility index (Phi) is 9.14. The molecular formula is C35H33F4N5O2. The Labute approximate surface area is 263 Å². The first-order valence-electron chi connectivity index (χ1n) is 15.1. The highest BCUT2D eigenvalue weighted by Gasteiger charge is 2.26. The fourth-order valence-electron chi connectivity index (χ4n) is 5.85. The highest BCUT2D eigenvalue weighted by molar-refractivity contribution is 5.92. The molecule has 1 amide bonds. The van der Waals surface area contributed by atoms with E-state index in [4.69, 9.17) is 9.72 Å². The summed E-state index contributed by atoms with van der Waals surface area (Å²) in [4.78, 5) is 25.3. The predicted molar refractivity (Wildman–Crippen MR) is 166 cm³/mol. The van der Waals surface area contributed by atoms with Crippen LogP contribution in [0.25, 0.3) is 11.0 Å². The molecule has 46 heavy (non-hydrogen) atoms. The fourth-order valence-corrected chi connectivity index (χ4v) is 5.85. The fraction of sp³-hybridized carbons (Fsp3) is 0.286. The lowest BCUT2D eigenvalue weighted by Crippen LogP contribution is -2.41. The normalized spacial score (nSPS) is 17.3. The maximum atomic E-state index is 15.0. The van der Waals surface area contributed by atoms with E-state index in [-0.39, 0.29) is 41.8 Å². The van der Waals surface area contributed by atoms with Crippen LogP contribution in [0.15, 0.2) is 67.0 Å². The van der Waals surface area contributed by atoms with E-state index in [1.165, 1.54) is 41.6 Å². The highest BCUT2D eigenvalue weighted by atomic mass is 19.1. The minimum atomic E-state index is -0.798. The van der Waals surface area contributed by atoms with E-state index in [1.807, 2.05) is 0 Å². The third-order valence-corrected chi connectivity index (χ3v) is 8.48. The number of morpholine rings is 1. The SMILES string of the molecule is Cc1cc2nc([C@@H]3CO[C@H](CCc4c(F)cncc4NC(=O)C[C@@H](c4ccc(F)cc4)c4cc(F)cc(F)c4)CN3)[nH]c2cc1C. The first kappa shape index (κ1) is 31.4. The Morgan fingerprint density at radius 2 is 1.70 bits per heavy atom. The number of benzene rings is 3. The van der Waals surface area contributed by atoms with Gasteiger partial charge in [-0.2, -0.15) is 0 Å². The van der Waals surface area contributed by atoms with Crippen molar-refractivity contribution in [2.45, 2.75) is 51.2 Å². The summed E-state index contributed by atoms with van der Waals surface area (Å²) in [7, 11) is 0. The molecule has 3 heterocycles. The lowest BCUT2D eigenvalue weighted by molar-refractivity contribution is -0.116. The van der Waals surface area contributed by atoms with Crippen LogP contribution in [0.5, 0.6) is 0 Å². The minimum absolute atomic E-state index is 0.114. The number of nitrogens with one attached hydrogen (secondary N) is 3. The molecule has 3 aromatic carbocycles. The number of hydrogen-bond acceptors (Lipinski definition) is 5. The molecule has 3 atom stereocenters. The topological polar surface area (TPSA) is 91.9 Å². The largest absolute Gasteiger partial charge is 0.375 e. The molecule has 1 saturated heterocycles. The molecular weight excluding hydrogens is 598 g/mol. The van der Waals surface area contributed by atoms with Crippen LogP contribution in [-0.2, 0) is 16.0 Å². The van der Waals surface area contributed by atoms with Crippen LogP contribution in [0, 0.1) is 37.1 Å². The van der Waals surface area contributed by atoms with Crippen LogP contribution in [0.1, 0.15) is 58.4 Å². The van der Waals surface area contributed by atoms with Gasteiger partial charge in [-0.1, -0.05) is 12.1 Å². The Hall–Kier alpha value is -4.61. The Morgan fingerprint density at radius 3 is 2.41 bits per heavy atom. The summed E-state index contributed by atoms with van der Waals surface area (Å²) >= 11 is 0. The number of nitrogens with zero attached hydrogens (tertiary/aromatic N) is 2. The number of aromatic nitrogens is 3. The van der Waals surface area contributed by atoms with Gasteiger partial charge in [0.05, 0.1) is 47.9 Å². The van der Waals surface area contributed by atoms with E-state index in [2.05, 4.69) is 46.6 Å². The number of H-pyrrole nitrogens is 1. The number of anilines is 1. The van der Waals surface area contributed by atoms with Gasteiger partial charge < -0.3 is 20.4 Å². The molecule has 6 rings (SSSR count). The quantitative estimate of drug-likeness (QED) is 0.153. The number of ether oxygens (including phenoxy) is 1. The number of carbonyl (C=O) groups is 1. The summed E-state index contributed by atoms with van der Waals surface area (Å²) in [5.74, 6) is -3.17. The molecule has 0 bridgehead atoms. The van der Waals surface area contributed by atoms with Crippen LogP contribution in [0.3, 0.4) is 0 Å². The molecule has 238 valence electrons. The summed E-state index contributed by atoms with van der Waals surface area (Å²) in [6.07, 6.45) is 2.76. The number of rotatable bonds is 9. The summed E-state index contributed by atoms with van der Waals surface area (Å²) in [5, 5.41) is 6.19. The van der Waals surface area contributed by atoms with Crippen molar-refractivity contribution in [3.05, 3.63) is 124 Å². The van der Waals surface area contributed by atoms with Gasteiger partial charge in [-0.3, -0.25) is 9.78 Å². The Bertz CT molecular complexity index is 1810. The molecule has 1 fully saturated rings. The lowest BCUT2D eigenvalue weighted by atomic mass is 9.88. The van der Waals surface area contributed by atoms with Crippen molar-refractivity contribution in [3.8, 4) is 0 Å². The highest BCUT2D eigenvalue weighted by Crippen LogP contribution is 2.31. The number of hydrogen-bond donors (Lipinski definition) is 3. The lowest BCUT2D eigenvalue weighted by Gasteiger charge is -2.29. The van der Waals surface area contributed by atoms with Gasteiger partial charge in [-0.05, 0) is 85.3 Å². The summed E-state index contributed by atoms with van der Waals surface area (Å²) in [6, 6.07) is 12.4. The van der Waals surface area contributed by atoms with E-state index in [9.17, 15) is 18.0 Å². The Balaban J connectivity index is 1.11.